The number of hydrogen-bond acceptors (Lipinski definition) is 3. The van der Waals surface area contributed by atoms with E-state index in [1.54, 1.807) is 42.6 Å². The van der Waals surface area contributed by atoms with Gasteiger partial charge in [-0.05, 0) is 42.5 Å². The van der Waals surface area contributed by atoms with E-state index in [4.69, 9.17) is 33.3 Å². The number of anilines is 2. The van der Waals surface area contributed by atoms with Crippen LogP contribution in [0.2, 0.25) is 10.0 Å². The summed E-state index contributed by atoms with van der Waals surface area (Å²) in [6.07, 6.45) is 1.63. The van der Waals surface area contributed by atoms with Gasteiger partial charge in [-0.25, -0.2) is 4.98 Å². The number of guanidine groups is 1. The molecule has 0 radical (unpaired) electrons. The average molecular weight is 387 g/mol. The summed E-state index contributed by atoms with van der Waals surface area (Å²) in [6, 6.07) is 18.1. The summed E-state index contributed by atoms with van der Waals surface area (Å²) in [6.45, 7) is 0.304. The molecule has 3 aromatic rings. The van der Waals surface area contributed by atoms with Crippen LogP contribution in [0.4, 0.5) is 11.5 Å². The van der Waals surface area contributed by atoms with Crippen LogP contribution < -0.4 is 15.4 Å². The van der Waals surface area contributed by atoms with Gasteiger partial charge in [0.25, 0.3) is 0 Å². The Balaban J connectivity index is 1.65. The molecule has 132 valence electrons. The minimum atomic E-state index is 0.0635. The minimum Gasteiger partial charge on any atom is -0.485 e. The van der Waals surface area contributed by atoms with Gasteiger partial charge in [0.15, 0.2) is 17.5 Å². The quantitative estimate of drug-likeness (QED) is 0.404. The molecule has 0 saturated carbocycles. The summed E-state index contributed by atoms with van der Waals surface area (Å²) < 4.78 is 5.82. The van der Waals surface area contributed by atoms with Crippen molar-refractivity contribution in [1.29, 1.82) is 5.41 Å². The Kier molecular flexibility index (Phi) is 5.94. The van der Waals surface area contributed by atoms with Crippen LogP contribution in [0.15, 0.2) is 66.9 Å². The molecule has 0 aliphatic heterocycles. The monoisotopic (exact) mass is 386 g/mol. The Morgan fingerprint density at radius 3 is 2.50 bits per heavy atom. The van der Waals surface area contributed by atoms with Gasteiger partial charge in [0.1, 0.15) is 6.61 Å². The fraction of sp³-hybridized carbons (Fsp3) is 0.0526. The van der Waals surface area contributed by atoms with Crippen molar-refractivity contribution in [2.45, 2.75) is 6.61 Å². The van der Waals surface area contributed by atoms with Crippen molar-refractivity contribution in [2.24, 2.45) is 0 Å². The summed E-state index contributed by atoms with van der Waals surface area (Å²) in [5.74, 6) is 1.02. The number of aromatic nitrogens is 1. The lowest BCUT2D eigenvalue weighted by atomic mass is 10.2. The predicted octanol–water partition coefficient (Wildman–Crippen LogP) is 5.43. The van der Waals surface area contributed by atoms with Gasteiger partial charge in [0.2, 0.25) is 0 Å². The molecule has 0 aliphatic rings. The molecule has 0 bridgehead atoms. The van der Waals surface area contributed by atoms with Crippen molar-refractivity contribution < 1.29 is 4.74 Å². The van der Waals surface area contributed by atoms with Gasteiger partial charge in [-0.2, -0.15) is 0 Å². The number of halogens is 2. The molecule has 0 spiro atoms. The van der Waals surface area contributed by atoms with Gasteiger partial charge in [0, 0.05) is 27.5 Å². The molecular weight excluding hydrogens is 371 g/mol. The Labute approximate surface area is 161 Å². The zero-order valence-electron chi connectivity index (χ0n) is 13.7. The van der Waals surface area contributed by atoms with E-state index >= 15 is 0 Å². The second kappa shape index (κ2) is 8.56. The van der Waals surface area contributed by atoms with Gasteiger partial charge in [0.05, 0.1) is 0 Å². The van der Waals surface area contributed by atoms with Gasteiger partial charge in [-0.15, -0.1) is 0 Å². The maximum Gasteiger partial charge on any atom is 0.198 e. The molecule has 5 nitrogen and oxygen atoms in total. The standard InChI is InChI=1S/C19H16Cl2N4O/c20-14-7-9-15(10-8-14)24-19(22)25-18-17(6-3-11-23-18)26-12-13-4-1-2-5-16(13)21/h1-11H,12H2,(H3,22,23,24,25). The molecule has 7 heteroatoms. The topological polar surface area (TPSA) is 70.0 Å². The average Bonchev–Trinajstić information content (AvgIpc) is 2.64. The molecule has 0 unspecified atom stereocenters. The third-order valence-corrected chi connectivity index (χ3v) is 4.09. The lowest BCUT2D eigenvalue weighted by molar-refractivity contribution is 0.307. The summed E-state index contributed by atoms with van der Waals surface area (Å²) in [7, 11) is 0. The highest BCUT2D eigenvalue weighted by atomic mass is 35.5. The van der Waals surface area contributed by atoms with E-state index in [-0.39, 0.29) is 5.96 Å². The first kappa shape index (κ1) is 18.0. The summed E-state index contributed by atoms with van der Waals surface area (Å²) in [5.41, 5.74) is 1.61. The van der Waals surface area contributed by atoms with E-state index < -0.39 is 0 Å². The number of pyridine rings is 1. The Morgan fingerprint density at radius 2 is 1.73 bits per heavy atom. The number of nitrogens with zero attached hydrogens (tertiary/aromatic N) is 1. The van der Waals surface area contributed by atoms with Crippen molar-refractivity contribution in [1.82, 2.24) is 4.98 Å². The highest BCUT2D eigenvalue weighted by Crippen LogP contribution is 2.24. The Morgan fingerprint density at radius 1 is 0.962 bits per heavy atom. The van der Waals surface area contributed by atoms with E-state index in [9.17, 15) is 0 Å². The molecule has 0 aliphatic carbocycles. The van der Waals surface area contributed by atoms with E-state index in [1.807, 2.05) is 24.3 Å². The number of hydrogen-bond donors (Lipinski definition) is 3. The fourth-order valence-electron chi connectivity index (χ4n) is 2.20. The minimum absolute atomic E-state index is 0.0635. The SMILES string of the molecule is N=C(Nc1ccc(Cl)cc1)Nc1ncccc1OCc1ccccc1Cl. The van der Waals surface area contributed by atoms with E-state index in [0.29, 0.717) is 28.2 Å². The highest BCUT2D eigenvalue weighted by Gasteiger charge is 2.08. The fourth-order valence-corrected chi connectivity index (χ4v) is 2.52. The van der Waals surface area contributed by atoms with Crippen molar-refractivity contribution in [3.05, 3.63) is 82.5 Å². The van der Waals surface area contributed by atoms with E-state index in [0.717, 1.165) is 11.3 Å². The van der Waals surface area contributed by atoms with Crippen LogP contribution in [0, 0.1) is 5.41 Å². The van der Waals surface area contributed by atoms with Crippen LogP contribution >= 0.6 is 23.2 Å². The second-order valence-electron chi connectivity index (χ2n) is 5.36. The zero-order chi connectivity index (χ0) is 18.4. The van der Waals surface area contributed by atoms with Crippen LogP contribution in [0.1, 0.15) is 5.56 Å². The molecule has 3 rings (SSSR count). The molecule has 2 aromatic carbocycles. The van der Waals surface area contributed by atoms with Crippen molar-refractivity contribution in [3.63, 3.8) is 0 Å². The highest BCUT2D eigenvalue weighted by molar-refractivity contribution is 6.31. The predicted molar refractivity (Wildman–Crippen MR) is 106 cm³/mol. The second-order valence-corrected chi connectivity index (χ2v) is 6.21. The molecule has 1 aromatic heterocycles. The van der Waals surface area contributed by atoms with Crippen LogP contribution in [0.3, 0.4) is 0 Å². The Bertz CT molecular complexity index is 900. The van der Waals surface area contributed by atoms with E-state index in [1.165, 1.54) is 0 Å². The van der Waals surface area contributed by atoms with Gasteiger partial charge < -0.3 is 15.4 Å². The van der Waals surface area contributed by atoms with Crippen molar-refractivity contribution in [2.75, 3.05) is 10.6 Å². The number of rotatable bonds is 5. The molecule has 0 saturated heterocycles. The molecule has 0 atom stereocenters. The van der Waals surface area contributed by atoms with Crippen LogP contribution in [0.5, 0.6) is 5.75 Å². The molecule has 26 heavy (non-hydrogen) atoms. The van der Waals surface area contributed by atoms with Gasteiger partial charge in [-0.1, -0.05) is 41.4 Å². The van der Waals surface area contributed by atoms with Crippen molar-refractivity contribution >= 4 is 40.7 Å². The number of nitrogens with one attached hydrogen (secondary N) is 3. The smallest absolute Gasteiger partial charge is 0.198 e. The number of benzene rings is 2. The zero-order valence-corrected chi connectivity index (χ0v) is 15.2. The number of ether oxygens (including phenoxy) is 1. The third-order valence-electron chi connectivity index (χ3n) is 3.47. The summed E-state index contributed by atoms with van der Waals surface area (Å²) >= 11 is 12.0. The first-order chi connectivity index (χ1) is 12.6. The molecule has 0 amide bonds. The maximum absolute atomic E-state index is 8.07. The molecule has 1 heterocycles. The van der Waals surface area contributed by atoms with Crippen molar-refractivity contribution in [3.8, 4) is 5.75 Å². The lowest BCUT2D eigenvalue weighted by Gasteiger charge is -2.14. The molecular formula is C19H16Cl2N4O. The van der Waals surface area contributed by atoms with Crippen LogP contribution in [-0.2, 0) is 6.61 Å². The van der Waals surface area contributed by atoms with Gasteiger partial charge in [-0.3, -0.25) is 5.41 Å². The molecule has 0 fully saturated rings. The van der Waals surface area contributed by atoms with Crippen LogP contribution in [0.25, 0.3) is 0 Å². The molecule has 3 N–H and O–H groups in total. The normalized spacial score (nSPS) is 10.2. The van der Waals surface area contributed by atoms with Gasteiger partial charge >= 0.3 is 0 Å². The van der Waals surface area contributed by atoms with Crippen LogP contribution in [-0.4, -0.2) is 10.9 Å². The Hall–Kier alpha value is -2.76. The first-order valence-electron chi connectivity index (χ1n) is 7.81. The third kappa shape index (κ3) is 4.88. The summed E-state index contributed by atoms with van der Waals surface area (Å²) in [5, 5.41) is 15.2. The lowest BCUT2D eigenvalue weighted by Crippen LogP contribution is -2.21. The van der Waals surface area contributed by atoms with E-state index in [2.05, 4.69) is 15.6 Å². The summed E-state index contributed by atoms with van der Waals surface area (Å²) in [4.78, 5) is 4.24. The first-order valence-corrected chi connectivity index (χ1v) is 8.57. The largest absolute Gasteiger partial charge is 0.485 e. The maximum atomic E-state index is 8.07.